The smallest absolute Gasteiger partial charge is 0.282 e. The lowest BCUT2D eigenvalue weighted by Crippen LogP contribution is -2.14. The molecule has 0 atom stereocenters. The highest BCUT2D eigenvalue weighted by Crippen LogP contribution is 2.30. The largest absolute Gasteiger partial charge is 0.298 e. The van der Waals surface area contributed by atoms with Crippen molar-refractivity contribution in [2.75, 3.05) is 5.32 Å². The number of anilines is 1. The number of non-ortho nitro benzene ring substituents is 1. The summed E-state index contributed by atoms with van der Waals surface area (Å²) in [4.78, 5) is 37.3. The average Bonchev–Trinajstić information content (AvgIpc) is 2.95. The van der Waals surface area contributed by atoms with Crippen molar-refractivity contribution in [1.29, 1.82) is 0 Å². The van der Waals surface area contributed by atoms with E-state index < -0.39 is 15.8 Å². The van der Waals surface area contributed by atoms with Gasteiger partial charge in [-0.1, -0.05) is 17.4 Å². The number of carbonyl (C=O) groups excluding carboxylic acids is 1. The van der Waals surface area contributed by atoms with E-state index in [4.69, 9.17) is 0 Å². The Kier molecular flexibility index (Phi) is 4.11. The van der Waals surface area contributed by atoms with Crippen molar-refractivity contribution in [3.05, 3.63) is 67.8 Å². The molecule has 0 spiro atoms. The number of nitrogens with zero attached hydrogens (tertiary/aromatic N) is 3. The summed E-state index contributed by atoms with van der Waals surface area (Å²) in [5.74, 6) is -0.663. The van der Waals surface area contributed by atoms with Crippen molar-refractivity contribution in [1.82, 2.24) is 4.98 Å². The highest BCUT2D eigenvalue weighted by atomic mass is 32.1. The van der Waals surface area contributed by atoms with Crippen LogP contribution in [0.25, 0.3) is 10.2 Å². The first-order chi connectivity index (χ1) is 11.8. The van der Waals surface area contributed by atoms with Gasteiger partial charge >= 0.3 is 0 Å². The molecule has 1 aromatic heterocycles. The summed E-state index contributed by atoms with van der Waals surface area (Å²) in [5.41, 5.74) is 0.735. The van der Waals surface area contributed by atoms with Crippen LogP contribution in [0.4, 0.5) is 16.5 Å². The molecule has 0 radical (unpaired) electrons. The van der Waals surface area contributed by atoms with E-state index in [-0.39, 0.29) is 22.1 Å². The number of benzene rings is 2. The Morgan fingerprint density at radius 3 is 2.56 bits per heavy atom. The van der Waals surface area contributed by atoms with Crippen molar-refractivity contribution >= 4 is 44.0 Å². The Bertz CT molecular complexity index is 1030. The third-order valence-electron chi connectivity index (χ3n) is 3.40. The Hall–Kier alpha value is -3.40. The summed E-state index contributed by atoms with van der Waals surface area (Å²) in [6.07, 6.45) is 0. The van der Waals surface area contributed by atoms with Crippen LogP contribution in [0.2, 0.25) is 0 Å². The van der Waals surface area contributed by atoms with Gasteiger partial charge in [-0.2, -0.15) is 0 Å². The van der Waals surface area contributed by atoms with Crippen LogP contribution in [0.5, 0.6) is 0 Å². The van der Waals surface area contributed by atoms with Crippen molar-refractivity contribution < 1.29 is 14.6 Å². The van der Waals surface area contributed by atoms with E-state index in [0.717, 1.165) is 11.3 Å². The number of hydrogen-bond acceptors (Lipinski definition) is 7. The van der Waals surface area contributed by atoms with Crippen LogP contribution in [-0.2, 0) is 0 Å². The van der Waals surface area contributed by atoms with Crippen molar-refractivity contribution in [3.8, 4) is 0 Å². The molecule has 0 saturated heterocycles. The number of fused-ring (bicyclic) bond motifs is 1. The van der Waals surface area contributed by atoms with Crippen molar-refractivity contribution in [2.24, 2.45) is 0 Å². The number of nitro benzene ring substituents is 2. The van der Waals surface area contributed by atoms with Crippen molar-refractivity contribution in [2.45, 2.75) is 6.92 Å². The summed E-state index contributed by atoms with van der Waals surface area (Å²) in [6, 6.07) is 8.40. The summed E-state index contributed by atoms with van der Waals surface area (Å²) in [7, 11) is 0. The van der Waals surface area contributed by atoms with E-state index in [9.17, 15) is 25.0 Å². The SMILES string of the molecule is Cc1ccc([N+](=O)[O-])c(C(=O)Nc2nc3ccc([N+](=O)[O-])cc3s2)c1. The third kappa shape index (κ3) is 3.28. The molecule has 0 saturated carbocycles. The Balaban J connectivity index is 1.93. The zero-order valence-electron chi connectivity index (χ0n) is 12.8. The van der Waals surface area contributed by atoms with Gasteiger partial charge in [0.15, 0.2) is 5.13 Å². The van der Waals surface area contributed by atoms with Gasteiger partial charge in [0.2, 0.25) is 0 Å². The number of hydrogen-bond donors (Lipinski definition) is 1. The van der Waals surface area contributed by atoms with Crippen LogP contribution in [0, 0.1) is 27.2 Å². The molecule has 0 aliphatic heterocycles. The quantitative estimate of drug-likeness (QED) is 0.559. The number of thiazole rings is 1. The molecule has 0 bridgehead atoms. The normalized spacial score (nSPS) is 10.6. The summed E-state index contributed by atoms with van der Waals surface area (Å²) in [6.45, 7) is 1.72. The highest BCUT2D eigenvalue weighted by Gasteiger charge is 2.21. The van der Waals surface area contributed by atoms with Crippen LogP contribution in [-0.4, -0.2) is 20.7 Å². The fourth-order valence-electron chi connectivity index (χ4n) is 2.24. The van der Waals surface area contributed by atoms with Crippen LogP contribution in [0.3, 0.4) is 0 Å². The molecule has 3 aromatic rings. The number of aryl methyl sites for hydroxylation is 1. The summed E-state index contributed by atoms with van der Waals surface area (Å²) in [5, 5.41) is 24.6. The van der Waals surface area contributed by atoms with E-state index in [1.54, 1.807) is 13.0 Å². The predicted molar refractivity (Wildman–Crippen MR) is 92.1 cm³/mol. The highest BCUT2D eigenvalue weighted by molar-refractivity contribution is 7.22. The van der Waals surface area contributed by atoms with Gasteiger partial charge < -0.3 is 0 Å². The zero-order valence-corrected chi connectivity index (χ0v) is 13.6. The second kappa shape index (κ2) is 6.24. The number of amides is 1. The fourth-order valence-corrected chi connectivity index (χ4v) is 3.13. The minimum absolute atomic E-state index is 0.0739. The monoisotopic (exact) mass is 358 g/mol. The zero-order chi connectivity index (χ0) is 18.1. The molecule has 9 nitrogen and oxygen atoms in total. The first-order valence-electron chi connectivity index (χ1n) is 6.96. The molecule has 0 aliphatic carbocycles. The first-order valence-corrected chi connectivity index (χ1v) is 7.78. The molecule has 2 aromatic carbocycles. The standard InChI is InChI=1S/C15H10N4O5S/c1-8-2-5-12(19(23)24)10(6-8)14(20)17-15-16-11-4-3-9(18(21)22)7-13(11)25-15/h2-7H,1H3,(H,16,17,20). The molecule has 0 aliphatic rings. The molecule has 1 amide bonds. The predicted octanol–water partition coefficient (Wildman–Crippen LogP) is 3.67. The second-order valence-electron chi connectivity index (χ2n) is 5.16. The van der Waals surface area contributed by atoms with Gasteiger partial charge in [0.05, 0.1) is 20.1 Å². The van der Waals surface area contributed by atoms with Crippen LogP contribution in [0.1, 0.15) is 15.9 Å². The van der Waals surface area contributed by atoms with Gasteiger partial charge in [-0.3, -0.25) is 30.3 Å². The van der Waals surface area contributed by atoms with Gasteiger partial charge in [-0.25, -0.2) is 4.98 Å². The lowest BCUT2D eigenvalue weighted by Gasteiger charge is -2.04. The topological polar surface area (TPSA) is 128 Å². The molecule has 25 heavy (non-hydrogen) atoms. The molecule has 1 heterocycles. The molecule has 1 N–H and O–H groups in total. The van der Waals surface area contributed by atoms with E-state index >= 15 is 0 Å². The van der Waals surface area contributed by atoms with Gasteiger partial charge in [-0.15, -0.1) is 0 Å². The molecule has 0 fully saturated rings. The number of nitro groups is 2. The van der Waals surface area contributed by atoms with Gasteiger partial charge in [0.25, 0.3) is 17.3 Å². The van der Waals surface area contributed by atoms with Crippen LogP contribution >= 0.6 is 11.3 Å². The maximum absolute atomic E-state index is 12.4. The molecule has 126 valence electrons. The number of rotatable bonds is 4. The minimum Gasteiger partial charge on any atom is -0.298 e. The Labute approximate surface area is 144 Å². The third-order valence-corrected chi connectivity index (χ3v) is 4.33. The number of aromatic nitrogens is 1. The Morgan fingerprint density at radius 2 is 1.88 bits per heavy atom. The molecular weight excluding hydrogens is 348 g/mol. The minimum atomic E-state index is -0.663. The first kappa shape index (κ1) is 16.5. The Morgan fingerprint density at radius 1 is 1.12 bits per heavy atom. The van der Waals surface area contributed by atoms with E-state index in [1.165, 1.54) is 30.3 Å². The number of carbonyl (C=O) groups is 1. The van der Waals surface area contributed by atoms with Crippen LogP contribution < -0.4 is 5.32 Å². The molecule has 0 unspecified atom stereocenters. The van der Waals surface area contributed by atoms with Gasteiger partial charge in [-0.05, 0) is 24.6 Å². The van der Waals surface area contributed by atoms with Gasteiger partial charge in [0.1, 0.15) is 5.56 Å². The van der Waals surface area contributed by atoms with Crippen LogP contribution in [0.15, 0.2) is 36.4 Å². The number of nitrogens with one attached hydrogen (secondary N) is 1. The summed E-state index contributed by atoms with van der Waals surface area (Å²) >= 11 is 1.05. The van der Waals surface area contributed by atoms with E-state index in [0.29, 0.717) is 15.8 Å². The van der Waals surface area contributed by atoms with E-state index in [2.05, 4.69) is 10.3 Å². The summed E-state index contributed by atoms with van der Waals surface area (Å²) < 4.78 is 0.531. The van der Waals surface area contributed by atoms with Crippen molar-refractivity contribution in [3.63, 3.8) is 0 Å². The maximum Gasteiger partial charge on any atom is 0.282 e. The lowest BCUT2D eigenvalue weighted by atomic mass is 10.1. The fraction of sp³-hybridized carbons (Fsp3) is 0.0667. The van der Waals surface area contributed by atoms with E-state index in [1.807, 2.05) is 0 Å². The lowest BCUT2D eigenvalue weighted by molar-refractivity contribution is -0.385. The maximum atomic E-state index is 12.4. The average molecular weight is 358 g/mol. The van der Waals surface area contributed by atoms with Gasteiger partial charge in [0, 0.05) is 18.2 Å². The second-order valence-corrected chi connectivity index (χ2v) is 6.19. The molecular formula is C15H10N4O5S. The molecule has 10 heteroatoms. The molecule has 3 rings (SSSR count).